The van der Waals surface area contributed by atoms with Crippen LogP contribution < -0.4 is 20.7 Å². The molecule has 0 saturated carbocycles. The van der Waals surface area contributed by atoms with Crippen LogP contribution in [0, 0.1) is 13.8 Å². The highest BCUT2D eigenvalue weighted by atomic mass is 32.2. The molecule has 1 aliphatic heterocycles. The number of anilines is 3. The van der Waals surface area contributed by atoms with Gasteiger partial charge in [-0.15, -0.1) is 5.10 Å². The van der Waals surface area contributed by atoms with Crippen LogP contribution in [-0.4, -0.2) is 33.7 Å². The van der Waals surface area contributed by atoms with E-state index in [9.17, 15) is 9.59 Å². The number of hydrogen-bond acceptors (Lipinski definition) is 7. The third-order valence-corrected chi connectivity index (χ3v) is 7.71. The third-order valence-electron chi connectivity index (χ3n) is 6.83. The number of aryl methyl sites for hydroxylation is 2. The lowest BCUT2D eigenvalue weighted by Gasteiger charge is -2.28. The minimum absolute atomic E-state index is 0.154. The van der Waals surface area contributed by atoms with Crippen molar-refractivity contribution in [1.82, 2.24) is 14.8 Å². The molecule has 4 aromatic rings. The Morgan fingerprint density at radius 2 is 1.66 bits per heavy atom. The van der Waals surface area contributed by atoms with Crippen LogP contribution in [0.1, 0.15) is 42.1 Å². The Morgan fingerprint density at radius 1 is 0.976 bits per heavy atom. The molecule has 0 fully saturated rings. The molecule has 210 valence electrons. The number of rotatable bonds is 8. The molecule has 10 heteroatoms. The summed E-state index contributed by atoms with van der Waals surface area (Å²) in [5.74, 6) is 1.57. The summed E-state index contributed by atoms with van der Waals surface area (Å²) in [5, 5.41) is 14.5. The molecule has 0 aliphatic carbocycles. The molecule has 1 aromatic heterocycles. The zero-order valence-corrected chi connectivity index (χ0v) is 24.4. The second kappa shape index (κ2) is 11.9. The van der Waals surface area contributed by atoms with Crippen LogP contribution in [-0.2, 0) is 15.3 Å². The van der Waals surface area contributed by atoms with Crippen molar-refractivity contribution in [2.75, 3.05) is 23.1 Å². The largest absolute Gasteiger partial charge is 0.497 e. The van der Waals surface area contributed by atoms with Crippen molar-refractivity contribution in [3.8, 4) is 5.75 Å². The van der Waals surface area contributed by atoms with E-state index in [1.165, 1.54) is 23.6 Å². The molecule has 5 rings (SSSR count). The minimum atomic E-state index is -0.543. The van der Waals surface area contributed by atoms with Crippen molar-refractivity contribution in [3.05, 3.63) is 100 Å². The molecule has 2 heterocycles. The maximum atomic E-state index is 13.8. The second-order valence-corrected chi connectivity index (χ2v) is 10.9. The van der Waals surface area contributed by atoms with Gasteiger partial charge in [-0.3, -0.25) is 9.59 Å². The summed E-state index contributed by atoms with van der Waals surface area (Å²) in [5.41, 5.74) is 7.01. The van der Waals surface area contributed by atoms with Gasteiger partial charge < -0.3 is 20.7 Å². The van der Waals surface area contributed by atoms with Crippen LogP contribution in [0.15, 0.2) is 83.2 Å². The first-order chi connectivity index (χ1) is 19.7. The molecular formula is C31H32N6O3S. The topological polar surface area (TPSA) is 110 Å². The summed E-state index contributed by atoms with van der Waals surface area (Å²) < 4.78 is 7.00. The van der Waals surface area contributed by atoms with E-state index in [1.54, 1.807) is 47.8 Å². The lowest BCUT2D eigenvalue weighted by atomic mass is 9.94. The Morgan fingerprint density at radius 3 is 2.32 bits per heavy atom. The average molecular weight is 569 g/mol. The molecule has 1 atom stereocenters. The second-order valence-electron chi connectivity index (χ2n) is 9.93. The lowest BCUT2D eigenvalue weighted by Crippen LogP contribution is -2.31. The number of fused-ring (bicyclic) bond motifs is 1. The van der Waals surface area contributed by atoms with E-state index < -0.39 is 6.04 Å². The number of carbonyl (C=O) groups is 2. The van der Waals surface area contributed by atoms with E-state index >= 15 is 0 Å². The molecule has 3 aromatic carbocycles. The highest BCUT2D eigenvalue weighted by Gasteiger charge is 2.34. The Bertz CT molecular complexity index is 1630. The Labute approximate surface area is 243 Å². The van der Waals surface area contributed by atoms with Crippen molar-refractivity contribution >= 4 is 40.9 Å². The van der Waals surface area contributed by atoms with Gasteiger partial charge >= 0.3 is 0 Å². The molecule has 3 N–H and O–H groups in total. The number of amides is 2. The normalized spacial score (nSPS) is 14.2. The SMILES string of the molecule is COc1ccc(NC(=O)C2=C(C)Nc3nc(SCc4ccc(C)cc4C)nn3[C@H]2c2ccc(NC(C)=O)cc2)cc1. The van der Waals surface area contributed by atoms with E-state index in [4.69, 9.17) is 14.8 Å². The van der Waals surface area contributed by atoms with Crippen LogP contribution in [0.25, 0.3) is 0 Å². The molecular weight excluding hydrogens is 536 g/mol. The smallest absolute Gasteiger partial charge is 0.255 e. The lowest BCUT2D eigenvalue weighted by molar-refractivity contribution is -0.114. The number of carbonyl (C=O) groups excluding carboxylic acids is 2. The first-order valence-electron chi connectivity index (χ1n) is 13.2. The van der Waals surface area contributed by atoms with Crippen molar-refractivity contribution < 1.29 is 14.3 Å². The highest BCUT2D eigenvalue weighted by Crippen LogP contribution is 2.37. The van der Waals surface area contributed by atoms with Crippen LogP contribution in [0.4, 0.5) is 17.3 Å². The number of nitrogens with one attached hydrogen (secondary N) is 3. The van der Waals surface area contributed by atoms with Gasteiger partial charge in [-0.2, -0.15) is 4.98 Å². The number of benzene rings is 3. The van der Waals surface area contributed by atoms with E-state index in [1.807, 2.05) is 31.2 Å². The Hall–Kier alpha value is -4.57. The van der Waals surface area contributed by atoms with Gasteiger partial charge in [0.15, 0.2) is 0 Å². The number of nitrogens with zero attached hydrogens (tertiary/aromatic N) is 3. The number of methoxy groups -OCH3 is 1. The standard InChI is InChI=1S/C31H32N6O3S/c1-18-6-7-23(19(2)16-18)17-41-31-35-30-32-20(3)27(29(39)34-25-12-14-26(40-5)15-13-25)28(37(30)36-31)22-8-10-24(11-9-22)33-21(4)38/h6-16,28H,17H2,1-5H3,(H,33,38)(H,34,39)(H,32,35,36)/t28-/m0/s1. The number of ether oxygens (including phenoxy) is 1. The summed E-state index contributed by atoms with van der Waals surface area (Å²) in [6, 6.07) is 20.5. The molecule has 0 bridgehead atoms. The summed E-state index contributed by atoms with van der Waals surface area (Å²) in [4.78, 5) is 30.1. The molecule has 41 heavy (non-hydrogen) atoms. The predicted molar refractivity (Wildman–Crippen MR) is 162 cm³/mol. The van der Waals surface area contributed by atoms with Gasteiger partial charge in [-0.05, 0) is 73.9 Å². The number of aromatic nitrogens is 3. The van der Waals surface area contributed by atoms with Crippen molar-refractivity contribution in [2.45, 2.75) is 44.6 Å². The van der Waals surface area contributed by atoms with E-state index in [0.29, 0.717) is 39.5 Å². The van der Waals surface area contributed by atoms with Gasteiger partial charge in [0.2, 0.25) is 17.0 Å². The fourth-order valence-corrected chi connectivity index (χ4v) is 5.67. The van der Waals surface area contributed by atoms with E-state index in [-0.39, 0.29) is 11.8 Å². The van der Waals surface area contributed by atoms with Crippen molar-refractivity contribution in [2.24, 2.45) is 0 Å². The molecule has 0 radical (unpaired) electrons. The summed E-state index contributed by atoms with van der Waals surface area (Å²) in [6.07, 6.45) is 0. The molecule has 0 spiro atoms. The van der Waals surface area contributed by atoms with Gasteiger partial charge in [0, 0.05) is 29.7 Å². The van der Waals surface area contributed by atoms with Crippen LogP contribution >= 0.6 is 11.8 Å². The van der Waals surface area contributed by atoms with Gasteiger partial charge in [-0.1, -0.05) is 47.7 Å². The third kappa shape index (κ3) is 6.28. The predicted octanol–water partition coefficient (Wildman–Crippen LogP) is 6.08. The molecule has 1 aliphatic rings. The maximum absolute atomic E-state index is 13.8. The van der Waals surface area contributed by atoms with Gasteiger partial charge in [0.25, 0.3) is 5.91 Å². The van der Waals surface area contributed by atoms with Crippen LogP contribution in [0.2, 0.25) is 0 Å². The van der Waals surface area contributed by atoms with Gasteiger partial charge in [-0.25, -0.2) is 4.68 Å². The Balaban J connectivity index is 1.47. The first kappa shape index (κ1) is 28.0. The fourth-order valence-electron chi connectivity index (χ4n) is 4.77. The Kier molecular flexibility index (Phi) is 8.11. The van der Waals surface area contributed by atoms with Crippen LogP contribution in [0.5, 0.6) is 5.75 Å². The summed E-state index contributed by atoms with van der Waals surface area (Å²) in [6.45, 7) is 7.52. The summed E-state index contributed by atoms with van der Waals surface area (Å²) >= 11 is 1.55. The average Bonchev–Trinajstić information content (AvgIpc) is 3.34. The fraction of sp³-hybridized carbons (Fsp3) is 0.226. The molecule has 0 saturated heterocycles. The number of hydrogen-bond donors (Lipinski definition) is 3. The quantitative estimate of drug-likeness (QED) is 0.221. The first-order valence-corrected chi connectivity index (χ1v) is 14.2. The minimum Gasteiger partial charge on any atom is -0.497 e. The van der Waals surface area contributed by atoms with E-state index in [2.05, 4.69) is 48.0 Å². The van der Waals surface area contributed by atoms with Crippen molar-refractivity contribution in [3.63, 3.8) is 0 Å². The number of thioether (sulfide) groups is 1. The molecule has 0 unspecified atom stereocenters. The molecule has 2 amide bonds. The maximum Gasteiger partial charge on any atom is 0.255 e. The van der Waals surface area contributed by atoms with Crippen LogP contribution in [0.3, 0.4) is 0 Å². The van der Waals surface area contributed by atoms with Gasteiger partial charge in [0.05, 0.1) is 12.7 Å². The van der Waals surface area contributed by atoms with Gasteiger partial charge in [0.1, 0.15) is 11.8 Å². The monoisotopic (exact) mass is 568 g/mol. The van der Waals surface area contributed by atoms with Crippen molar-refractivity contribution in [1.29, 1.82) is 0 Å². The zero-order chi connectivity index (χ0) is 29.1. The van der Waals surface area contributed by atoms with E-state index in [0.717, 1.165) is 11.3 Å². The zero-order valence-electron chi connectivity index (χ0n) is 23.6. The highest BCUT2D eigenvalue weighted by molar-refractivity contribution is 7.98. The number of allylic oxidation sites excluding steroid dienone is 1. The molecule has 9 nitrogen and oxygen atoms in total. The summed E-state index contributed by atoms with van der Waals surface area (Å²) in [7, 11) is 1.60.